The summed E-state index contributed by atoms with van der Waals surface area (Å²) in [5.41, 5.74) is 5.68. The van der Waals surface area contributed by atoms with Gasteiger partial charge in [-0.05, 0) is 117 Å². The molecule has 0 N–H and O–H groups in total. The Morgan fingerprint density at radius 3 is 1.48 bits per heavy atom. The normalized spacial score (nSPS) is 11.6. The molecule has 282 valence electrons. The third-order valence-corrected chi connectivity index (χ3v) is 17.7. The first-order chi connectivity index (χ1) is 26.5. The van der Waals surface area contributed by atoms with Crippen molar-refractivity contribution in [3.63, 3.8) is 0 Å². The molecular formula is C47H52OS6. The minimum Gasteiger partial charge on any atom is -0.381 e. The van der Waals surface area contributed by atoms with Crippen molar-refractivity contribution in [3.05, 3.63) is 106 Å². The molecule has 6 aromatic heterocycles. The Morgan fingerprint density at radius 2 is 0.907 bits per heavy atom. The highest BCUT2D eigenvalue weighted by Gasteiger charge is 2.19. The molecule has 0 unspecified atom stereocenters. The summed E-state index contributed by atoms with van der Waals surface area (Å²) in [5.74, 6) is 0. The molecule has 54 heavy (non-hydrogen) atoms. The second-order valence-corrected chi connectivity index (χ2v) is 20.6. The first kappa shape index (κ1) is 39.6. The second-order valence-electron chi connectivity index (χ2n) is 14.1. The minimum atomic E-state index is 0.781. The van der Waals surface area contributed by atoms with Crippen LogP contribution in [0.15, 0.2) is 84.9 Å². The zero-order valence-electron chi connectivity index (χ0n) is 32.1. The molecule has 0 aliphatic heterocycles. The number of hydrogen-bond acceptors (Lipinski definition) is 7. The van der Waals surface area contributed by atoms with Gasteiger partial charge in [-0.3, -0.25) is 0 Å². The fourth-order valence-electron chi connectivity index (χ4n) is 6.86. The number of unbranched alkanes of at least 4 members (excludes halogenated alkanes) is 6. The van der Waals surface area contributed by atoms with Crippen molar-refractivity contribution < 1.29 is 4.74 Å². The molecule has 7 rings (SSSR count). The Hall–Kier alpha value is -2.62. The van der Waals surface area contributed by atoms with Gasteiger partial charge < -0.3 is 4.74 Å². The lowest BCUT2D eigenvalue weighted by atomic mass is 10.0. The van der Waals surface area contributed by atoms with Gasteiger partial charge in [-0.1, -0.05) is 82.2 Å². The Balaban J connectivity index is 1.13. The van der Waals surface area contributed by atoms with Crippen molar-refractivity contribution >= 4 is 68.0 Å². The molecule has 0 atom stereocenters. The lowest BCUT2D eigenvalue weighted by molar-refractivity contribution is 0.151. The maximum atomic E-state index is 5.60. The Morgan fingerprint density at radius 1 is 0.426 bits per heavy atom. The third-order valence-electron chi connectivity index (χ3n) is 9.91. The van der Waals surface area contributed by atoms with Crippen molar-refractivity contribution in [2.75, 3.05) is 13.2 Å². The van der Waals surface area contributed by atoms with E-state index in [0.29, 0.717) is 0 Å². The molecule has 0 amide bonds. The molecule has 1 aromatic carbocycles. The maximum Gasteiger partial charge on any atom is 0.0514 e. The first-order valence-electron chi connectivity index (χ1n) is 19.8. The van der Waals surface area contributed by atoms with Crippen LogP contribution in [0.1, 0.15) is 93.7 Å². The van der Waals surface area contributed by atoms with E-state index in [1.165, 1.54) is 132 Å². The Bertz CT molecular complexity index is 2190. The van der Waals surface area contributed by atoms with Crippen LogP contribution in [-0.4, -0.2) is 13.2 Å². The van der Waals surface area contributed by atoms with Gasteiger partial charge in [0, 0.05) is 71.6 Å². The van der Waals surface area contributed by atoms with Crippen LogP contribution >= 0.6 is 68.0 Å². The van der Waals surface area contributed by atoms with Gasteiger partial charge in [0.05, 0.1) is 6.61 Å². The van der Waals surface area contributed by atoms with E-state index in [1.807, 2.05) is 68.0 Å². The SMILES string of the molecule is CCCCCCc1cc(-c2ccc(C)cc2)sc1-c1ccc(-c2ccc(-c3sc(-c4ccc(-c5ccc(CCOCC)s5)s4)cc3CCCCCC)s2)s1. The Labute approximate surface area is 347 Å². The average Bonchev–Trinajstić information content (AvgIpc) is 4.03. The van der Waals surface area contributed by atoms with Crippen molar-refractivity contribution in [1.82, 2.24) is 0 Å². The van der Waals surface area contributed by atoms with E-state index in [1.54, 1.807) is 0 Å². The fraction of sp³-hybridized carbons (Fsp3) is 0.362. The number of ether oxygens (including phenoxy) is 1. The largest absolute Gasteiger partial charge is 0.381 e. The van der Waals surface area contributed by atoms with Crippen LogP contribution in [0.2, 0.25) is 0 Å². The summed E-state index contributed by atoms with van der Waals surface area (Å²) in [5, 5.41) is 0. The molecule has 0 bridgehead atoms. The molecule has 0 aliphatic carbocycles. The van der Waals surface area contributed by atoms with E-state index in [0.717, 1.165) is 32.5 Å². The summed E-state index contributed by atoms with van der Waals surface area (Å²) in [6.07, 6.45) is 13.6. The van der Waals surface area contributed by atoms with Crippen LogP contribution in [0.25, 0.3) is 59.2 Å². The summed E-state index contributed by atoms with van der Waals surface area (Å²) < 4.78 is 5.60. The van der Waals surface area contributed by atoms with Gasteiger partial charge in [-0.25, -0.2) is 0 Å². The quantitative estimate of drug-likeness (QED) is 0.0696. The fourth-order valence-corrected chi connectivity index (χ4v) is 13.8. The van der Waals surface area contributed by atoms with Gasteiger partial charge in [0.15, 0.2) is 0 Å². The van der Waals surface area contributed by atoms with Gasteiger partial charge in [-0.2, -0.15) is 0 Å². The summed E-state index contributed by atoms with van der Waals surface area (Å²) in [6, 6.07) is 32.8. The number of rotatable bonds is 20. The highest BCUT2D eigenvalue weighted by molar-refractivity contribution is 7.30. The van der Waals surface area contributed by atoms with Crippen LogP contribution in [-0.2, 0) is 24.0 Å². The Kier molecular flexibility index (Phi) is 14.3. The van der Waals surface area contributed by atoms with E-state index in [4.69, 9.17) is 4.74 Å². The van der Waals surface area contributed by atoms with Crippen LogP contribution in [0.4, 0.5) is 0 Å². The van der Waals surface area contributed by atoms with Crippen LogP contribution in [0, 0.1) is 6.92 Å². The molecule has 1 nitrogen and oxygen atoms in total. The summed E-state index contributed by atoms with van der Waals surface area (Å²) in [6.45, 7) is 10.4. The minimum absolute atomic E-state index is 0.781. The summed E-state index contributed by atoms with van der Waals surface area (Å²) >= 11 is 11.8. The van der Waals surface area contributed by atoms with E-state index >= 15 is 0 Å². The molecule has 7 aromatic rings. The lowest BCUT2D eigenvalue weighted by Gasteiger charge is -2.02. The molecule has 0 saturated carbocycles. The zero-order chi connectivity index (χ0) is 37.3. The molecule has 0 spiro atoms. The predicted molar refractivity (Wildman–Crippen MR) is 247 cm³/mol. The number of thiophene rings is 6. The van der Waals surface area contributed by atoms with Crippen molar-refractivity contribution in [2.24, 2.45) is 0 Å². The zero-order valence-corrected chi connectivity index (χ0v) is 37.0. The molecule has 0 saturated heterocycles. The predicted octanol–water partition coefficient (Wildman–Crippen LogP) is 17.2. The van der Waals surface area contributed by atoms with Crippen molar-refractivity contribution in [2.45, 2.75) is 98.3 Å². The van der Waals surface area contributed by atoms with Gasteiger partial charge >= 0.3 is 0 Å². The smallest absolute Gasteiger partial charge is 0.0514 e. The standard InChI is InChI=1S/C47H52OS6/c1-5-8-10-12-14-34-30-44(33-18-16-32(4)17-19-33)53-46(34)42-26-24-39(51-42)40-25-27-43(52-40)47-35(15-13-11-9-6-2)31-45(54-47)41-23-22-38(50-41)37-21-20-36(49-37)28-29-48-7-3/h16-27,30-31H,5-15,28-29H2,1-4H3. The first-order valence-corrected chi connectivity index (χ1v) is 24.7. The lowest BCUT2D eigenvalue weighted by Crippen LogP contribution is -1.95. The van der Waals surface area contributed by atoms with Crippen molar-refractivity contribution in [1.29, 1.82) is 0 Å². The van der Waals surface area contributed by atoms with E-state index < -0.39 is 0 Å². The van der Waals surface area contributed by atoms with Gasteiger partial charge in [-0.15, -0.1) is 68.0 Å². The average molecular weight is 825 g/mol. The molecule has 7 heteroatoms. The van der Waals surface area contributed by atoms with Gasteiger partial charge in [0.2, 0.25) is 0 Å². The third kappa shape index (κ3) is 9.84. The van der Waals surface area contributed by atoms with Gasteiger partial charge in [0.1, 0.15) is 0 Å². The molecule has 0 fully saturated rings. The van der Waals surface area contributed by atoms with Crippen LogP contribution < -0.4 is 0 Å². The molecule has 0 aliphatic rings. The van der Waals surface area contributed by atoms with E-state index in [-0.39, 0.29) is 0 Å². The highest BCUT2D eigenvalue weighted by atomic mass is 32.1. The van der Waals surface area contributed by atoms with E-state index in [2.05, 4.69) is 113 Å². The summed E-state index contributed by atoms with van der Waals surface area (Å²) in [4.78, 5) is 16.8. The van der Waals surface area contributed by atoms with Gasteiger partial charge in [0.25, 0.3) is 0 Å². The van der Waals surface area contributed by atoms with Crippen LogP contribution in [0.5, 0.6) is 0 Å². The maximum absolute atomic E-state index is 5.60. The van der Waals surface area contributed by atoms with E-state index in [9.17, 15) is 0 Å². The topological polar surface area (TPSA) is 9.23 Å². The monoisotopic (exact) mass is 824 g/mol. The second kappa shape index (κ2) is 19.5. The molecule has 6 heterocycles. The van der Waals surface area contributed by atoms with Crippen LogP contribution in [0.3, 0.4) is 0 Å². The number of hydrogen-bond donors (Lipinski definition) is 0. The highest BCUT2D eigenvalue weighted by Crippen LogP contribution is 2.49. The number of aryl methyl sites for hydroxylation is 3. The molecule has 0 radical (unpaired) electrons. The van der Waals surface area contributed by atoms with Crippen molar-refractivity contribution in [3.8, 4) is 59.2 Å². The summed E-state index contributed by atoms with van der Waals surface area (Å²) in [7, 11) is 0. The number of benzene rings is 1. The molecular weight excluding hydrogens is 773 g/mol.